The Labute approximate surface area is 209 Å². The average molecular weight is 517 g/mol. The lowest BCUT2D eigenvalue weighted by molar-refractivity contribution is -0.123. The molecule has 3 rings (SSSR count). The quantitative estimate of drug-likeness (QED) is 0.348. The maximum Gasteiger partial charge on any atom is 0.356 e. The van der Waals surface area contributed by atoms with Crippen molar-refractivity contribution in [3.63, 3.8) is 0 Å². The summed E-state index contributed by atoms with van der Waals surface area (Å²) in [5.41, 5.74) is 1.60. The van der Waals surface area contributed by atoms with E-state index in [1.165, 1.54) is 34.5 Å². The second-order valence-corrected chi connectivity index (χ2v) is 9.71. The van der Waals surface area contributed by atoms with Gasteiger partial charge in [0.25, 0.3) is 5.91 Å². The van der Waals surface area contributed by atoms with Gasteiger partial charge in [0.05, 0.1) is 20.3 Å². The maximum absolute atomic E-state index is 13.1. The number of rotatable bonds is 12. The molecule has 12 heteroatoms. The van der Waals surface area contributed by atoms with Crippen LogP contribution in [-0.2, 0) is 18.4 Å². The molecule has 0 bridgehead atoms. The lowest BCUT2D eigenvalue weighted by atomic mass is 10.1. The molecule has 1 unspecified atom stereocenters. The smallest absolute Gasteiger partial charge is 0.356 e. The molecule has 1 heterocycles. The van der Waals surface area contributed by atoms with E-state index in [4.69, 9.17) is 28.0 Å². The fraction of sp³-hybridized carbons (Fsp3) is 0.292. The summed E-state index contributed by atoms with van der Waals surface area (Å²) in [6.07, 6.45) is 0. The van der Waals surface area contributed by atoms with Crippen LogP contribution in [-0.4, -0.2) is 50.9 Å². The number of methoxy groups -OCH3 is 2. The zero-order chi connectivity index (χ0) is 26.1. The predicted octanol–water partition coefficient (Wildman–Crippen LogP) is 4.27. The van der Waals surface area contributed by atoms with Crippen molar-refractivity contribution in [2.75, 3.05) is 35.0 Å². The van der Waals surface area contributed by atoms with Gasteiger partial charge in [-0.2, -0.15) is 9.97 Å². The van der Waals surface area contributed by atoms with E-state index in [0.717, 1.165) is 5.56 Å². The minimum absolute atomic E-state index is 0.0436. The third kappa shape index (κ3) is 6.94. The number of hydrogen-bond acceptors (Lipinski definition) is 10. The largest absolute Gasteiger partial charge is 0.484 e. The monoisotopic (exact) mass is 517 g/mol. The molecule has 1 aromatic heterocycles. The first-order valence-electron chi connectivity index (χ1n) is 10.7. The number of aromatic nitrogens is 2. The van der Waals surface area contributed by atoms with Gasteiger partial charge in [-0.3, -0.25) is 9.36 Å². The van der Waals surface area contributed by atoms with Crippen molar-refractivity contribution < 1.29 is 37.4 Å². The number of ether oxygens (including phenoxy) is 4. The van der Waals surface area contributed by atoms with Crippen LogP contribution in [0.5, 0.6) is 29.3 Å². The Balaban J connectivity index is 1.63. The molecule has 1 amide bonds. The molecule has 0 saturated carbocycles. The molecule has 1 N–H and O–H groups in total. The Morgan fingerprint density at radius 1 is 0.889 bits per heavy atom. The molecule has 192 valence electrons. The van der Waals surface area contributed by atoms with Crippen LogP contribution in [0.1, 0.15) is 16.9 Å². The number of carbonyl (C=O) groups is 1. The second-order valence-electron chi connectivity index (χ2n) is 7.38. The summed E-state index contributed by atoms with van der Waals surface area (Å²) in [6, 6.07) is 15.3. The van der Waals surface area contributed by atoms with Gasteiger partial charge in [0.15, 0.2) is 12.4 Å². The fourth-order valence-corrected chi connectivity index (χ4v) is 4.48. The molecule has 0 saturated heterocycles. The van der Waals surface area contributed by atoms with Crippen molar-refractivity contribution in [2.24, 2.45) is 0 Å². The number of nitrogens with zero attached hydrogens (tertiary/aromatic N) is 2. The van der Waals surface area contributed by atoms with Crippen LogP contribution < -0.4 is 24.3 Å². The average Bonchev–Trinajstić information content (AvgIpc) is 2.91. The lowest BCUT2D eigenvalue weighted by Crippen LogP contribution is -2.33. The van der Waals surface area contributed by atoms with Crippen molar-refractivity contribution in [1.82, 2.24) is 15.3 Å². The van der Waals surface area contributed by atoms with Crippen molar-refractivity contribution in [3.8, 4) is 29.3 Å². The summed E-state index contributed by atoms with van der Waals surface area (Å²) in [5.74, 6) is -0.0821. The normalized spacial score (nSPS) is 11.9. The molecule has 0 fully saturated rings. The van der Waals surface area contributed by atoms with Gasteiger partial charge >= 0.3 is 13.6 Å². The Bertz CT molecular complexity index is 1170. The Hall–Kier alpha value is -3.66. The first-order valence-corrected chi connectivity index (χ1v) is 12.4. The third-order valence-electron chi connectivity index (χ3n) is 5.00. The van der Waals surface area contributed by atoms with E-state index >= 15 is 0 Å². The topological polar surface area (TPSA) is 127 Å². The zero-order valence-corrected chi connectivity index (χ0v) is 21.5. The minimum Gasteiger partial charge on any atom is -0.484 e. The summed E-state index contributed by atoms with van der Waals surface area (Å²) in [7, 11) is 1.82. The summed E-state index contributed by atoms with van der Waals surface area (Å²) in [4.78, 5) is 20.9. The molecule has 0 aliphatic rings. The van der Waals surface area contributed by atoms with E-state index in [0.29, 0.717) is 28.8 Å². The fourth-order valence-electron chi connectivity index (χ4n) is 3.07. The van der Waals surface area contributed by atoms with Gasteiger partial charge < -0.3 is 33.3 Å². The highest BCUT2D eigenvalue weighted by Gasteiger charge is 2.36. The third-order valence-corrected chi connectivity index (χ3v) is 7.07. The van der Waals surface area contributed by atoms with Gasteiger partial charge in [-0.25, -0.2) is 0 Å². The summed E-state index contributed by atoms with van der Waals surface area (Å²) >= 11 is 0. The van der Waals surface area contributed by atoms with Gasteiger partial charge in [-0.15, -0.1) is 0 Å². The van der Waals surface area contributed by atoms with E-state index in [9.17, 15) is 9.36 Å². The van der Waals surface area contributed by atoms with E-state index in [1.54, 1.807) is 36.4 Å². The summed E-state index contributed by atoms with van der Waals surface area (Å²) in [6.45, 7) is 1.60. The lowest BCUT2D eigenvalue weighted by Gasteiger charge is -2.25. The van der Waals surface area contributed by atoms with Crippen LogP contribution in [0.4, 0.5) is 0 Å². The van der Waals surface area contributed by atoms with Crippen molar-refractivity contribution in [2.45, 2.75) is 12.7 Å². The number of aryl methyl sites for hydroxylation is 1. The highest BCUT2D eigenvalue weighted by atomic mass is 31.2. The van der Waals surface area contributed by atoms with E-state index in [-0.39, 0.29) is 12.6 Å². The molecular weight excluding hydrogens is 489 g/mol. The number of hydrogen-bond donors (Lipinski definition) is 1. The number of benzene rings is 2. The summed E-state index contributed by atoms with van der Waals surface area (Å²) in [5, 5.41) is 2.69. The Kier molecular flexibility index (Phi) is 9.24. The Morgan fingerprint density at radius 2 is 1.44 bits per heavy atom. The molecular formula is C24H28N3O8P. The number of carbonyl (C=O) groups excluding carboxylic acids is 1. The van der Waals surface area contributed by atoms with Gasteiger partial charge in [0.2, 0.25) is 11.8 Å². The van der Waals surface area contributed by atoms with E-state index in [1.807, 2.05) is 19.1 Å². The standard InChI is InChI=1S/C24H28N3O8P/c1-16-6-8-17(9-7-16)23(36(29,32-4)33-5)25-20(28)15-34-18-10-12-19(13-11-18)35-24-26-21(30-2)14-22(27-24)31-3/h6-14,23H,15H2,1-5H3,(H,25,28). The molecule has 0 aliphatic carbocycles. The highest BCUT2D eigenvalue weighted by Crippen LogP contribution is 2.58. The van der Waals surface area contributed by atoms with Crippen LogP contribution in [0.25, 0.3) is 0 Å². The van der Waals surface area contributed by atoms with Gasteiger partial charge in [-0.05, 0) is 36.8 Å². The maximum atomic E-state index is 13.1. The number of amides is 1. The van der Waals surface area contributed by atoms with Crippen molar-refractivity contribution in [1.29, 1.82) is 0 Å². The van der Waals surface area contributed by atoms with Crippen LogP contribution in [0, 0.1) is 6.92 Å². The highest BCUT2D eigenvalue weighted by molar-refractivity contribution is 7.54. The second kappa shape index (κ2) is 12.3. The molecule has 0 aliphatic heterocycles. The molecule has 1 atom stereocenters. The number of nitrogens with one attached hydrogen (secondary N) is 1. The first kappa shape index (κ1) is 26.9. The molecule has 2 aromatic carbocycles. The van der Waals surface area contributed by atoms with E-state index < -0.39 is 19.3 Å². The minimum atomic E-state index is -3.66. The SMILES string of the molecule is COc1cc(OC)nc(Oc2ccc(OCC(=O)NC(c3ccc(C)cc3)P(=O)(OC)OC)cc2)n1. The molecule has 36 heavy (non-hydrogen) atoms. The van der Waals surface area contributed by atoms with Gasteiger partial charge in [-0.1, -0.05) is 29.8 Å². The Morgan fingerprint density at radius 3 is 1.97 bits per heavy atom. The van der Waals surface area contributed by atoms with Crippen LogP contribution in [0.15, 0.2) is 54.6 Å². The van der Waals surface area contributed by atoms with Crippen molar-refractivity contribution in [3.05, 3.63) is 65.7 Å². The van der Waals surface area contributed by atoms with Gasteiger partial charge in [0, 0.05) is 14.2 Å². The van der Waals surface area contributed by atoms with Crippen LogP contribution in [0.3, 0.4) is 0 Å². The zero-order valence-electron chi connectivity index (χ0n) is 20.6. The first-order chi connectivity index (χ1) is 17.3. The van der Waals surface area contributed by atoms with Crippen LogP contribution in [0.2, 0.25) is 0 Å². The van der Waals surface area contributed by atoms with Crippen molar-refractivity contribution >= 4 is 13.5 Å². The van der Waals surface area contributed by atoms with Crippen LogP contribution >= 0.6 is 7.60 Å². The molecule has 11 nitrogen and oxygen atoms in total. The molecule has 0 radical (unpaired) electrons. The van der Waals surface area contributed by atoms with Gasteiger partial charge in [0.1, 0.15) is 11.5 Å². The molecule has 3 aromatic rings. The van der Waals surface area contributed by atoms with E-state index in [2.05, 4.69) is 15.3 Å². The summed E-state index contributed by atoms with van der Waals surface area (Å²) < 4.78 is 44.7. The predicted molar refractivity (Wildman–Crippen MR) is 131 cm³/mol. The molecule has 0 spiro atoms.